The predicted octanol–water partition coefficient (Wildman–Crippen LogP) is 5.55. The van der Waals surface area contributed by atoms with Gasteiger partial charge in [-0.1, -0.05) is 13.2 Å². The average Bonchev–Trinajstić information content (AvgIpc) is 3.44. The van der Waals surface area contributed by atoms with Crippen molar-refractivity contribution in [2.75, 3.05) is 10.2 Å². The summed E-state index contributed by atoms with van der Waals surface area (Å²) < 4.78 is 5.74. The van der Waals surface area contributed by atoms with Crippen molar-refractivity contribution in [3.8, 4) is 5.75 Å². The minimum atomic E-state index is -0.253. The van der Waals surface area contributed by atoms with Crippen LogP contribution in [0.25, 0.3) is 15.9 Å². The average molecular weight is 504 g/mol. The van der Waals surface area contributed by atoms with Crippen molar-refractivity contribution in [3.05, 3.63) is 60.6 Å². The van der Waals surface area contributed by atoms with E-state index >= 15 is 0 Å². The Kier molecular flexibility index (Phi) is 6.40. The van der Waals surface area contributed by atoms with Crippen molar-refractivity contribution in [1.29, 1.82) is 0 Å². The van der Waals surface area contributed by atoms with Gasteiger partial charge in [-0.2, -0.15) is 0 Å². The Bertz CT molecular complexity index is 1350. The molecule has 0 unspecified atom stereocenters. The zero-order valence-electron chi connectivity index (χ0n) is 20.3. The molecule has 0 spiro atoms. The fourth-order valence-corrected chi connectivity index (χ4v) is 5.89. The first-order valence-electron chi connectivity index (χ1n) is 12.0. The normalized spacial score (nSPS) is 18.8. The van der Waals surface area contributed by atoms with Crippen LogP contribution in [0.5, 0.6) is 5.75 Å². The van der Waals surface area contributed by atoms with Crippen molar-refractivity contribution >= 4 is 56.3 Å². The third kappa shape index (κ3) is 4.42. The minimum Gasteiger partial charge on any atom is -0.491 e. The van der Waals surface area contributed by atoms with Gasteiger partial charge in [-0.3, -0.25) is 9.69 Å². The first-order chi connectivity index (χ1) is 17.4. The van der Waals surface area contributed by atoms with Crippen LogP contribution in [0.4, 0.5) is 21.9 Å². The van der Waals surface area contributed by atoms with Gasteiger partial charge in [-0.15, -0.1) is 11.3 Å². The Hall–Kier alpha value is -3.85. The maximum absolute atomic E-state index is 13.3. The van der Waals surface area contributed by atoms with E-state index in [1.807, 2.05) is 44.2 Å². The van der Waals surface area contributed by atoms with Crippen molar-refractivity contribution in [3.63, 3.8) is 0 Å². The molecule has 3 aromatic rings. The number of benzene rings is 1. The molecule has 1 aliphatic heterocycles. The van der Waals surface area contributed by atoms with Gasteiger partial charge in [-0.05, 0) is 69.5 Å². The molecular formula is C27H29N5O3S. The maximum Gasteiger partial charge on any atom is 0.331 e. The van der Waals surface area contributed by atoms with Gasteiger partial charge in [0.05, 0.1) is 33.4 Å². The summed E-state index contributed by atoms with van der Waals surface area (Å²) >= 11 is 1.48. The number of hydrogen-bond acceptors (Lipinski definition) is 6. The lowest BCUT2D eigenvalue weighted by molar-refractivity contribution is -0.117. The molecule has 1 fully saturated rings. The Labute approximate surface area is 214 Å². The molecule has 3 N–H and O–H groups in total. The summed E-state index contributed by atoms with van der Waals surface area (Å²) in [6.45, 7) is 11.8. The largest absolute Gasteiger partial charge is 0.491 e. The molecule has 36 heavy (non-hydrogen) atoms. The zero-order valence-corrected chi connectivity index (χ0v) is 21.2. The summed E-state index contributed by atoms with van der Waals surface area (Å²) in [7, 11) is 0. The van der Waals surface area contributed by atoms with Crippen LogP contribution in [-0.4, -0.2) is 35.1 Å². The Balaban J connectivity index is 1.45. The van der Waals surface area contributed by atoms with Gasteiger partial charge in [0.15, 0.2) is 0 Å². The van der Waals surface area contributed by atoms with Gasteiger partial charge in [0.25, 0.3) is 0 Å². The third-order valence-electron chi connectivity index (χ3n) is 6.38. The second-order valence-electron chi connectivity index (χ2n) is 9.22. The van der Waals surface area contributed by atoms with Crippen LogP contribution < -0.4 is 25.6 Å². The van der Waals surface area contributed by atoms with Crippen molar-refractivity contribution in [1.82, 2.24) is 15.6 Å². The van der Waals surface area contributed by atoms with Gasteiger partial charge in [-0.25, -0.2) is 9.78 Å². The van der Waals surface area contributed by atoms with E-state index in [2.05, 4.69) is 34.1 Å². The second-order valence-corrected chi connectivity index (χ2v) is 10.2. The Morgan fingerprint density at radius 2 is 1.94 bits per heavy atom. The van der Waals surface area contributed by atoms with E-state index in [1.165, 1.54) is 17.4 Å². The number of rotatable bonds is 8. The number of aromatic nitrogens is 1. The van der Waals surface area contributed by atoms with E-state index in [-0.39, 0.29) is 30.1 Å². The molecule has 0 saturated heterocycles. The highest BCUT2D eigenvalue weighted by atomic mass is 32.1. The molecule has 3 amide bonds. The number of amides is 3. The molecule has 186 valence electrons. The van der Waals surface area contributed by atoms with Crippen LogP contribution in [0.2, 0.25) is 0 Å². The maximum atomic E-state index is 13.3. The monoisotopic (exact) mass is 503 g/mol. The molecule has 2 atom stereocenters. The number of urea groups is 1. The standard InChI is InChI=1S/C27H29N5O3S/c1-5-22(33)30-20-8-6-7-19(20)29-16(4)25-24-23-21(13-14-28-26(23)36-25)32(27(34)31-24)17-9-11-18(12-10-17)35-15(2)3/h5,9-15,19-20,29H,1,4,6-8H2,2-3H3,(H,30,33)(H,31,34)/t19-,20+/m1/s1. The number of carbonyl (C=O) groups is 2. The number of nitrogens with zero attached hydrogens (tertiary/aromatic N) is 2. The molecule has 0 bridgehead atoms. The van der Waals surface area contributed by atoms with E-state index in [9.17, 15) is 9.59 Å². The summed E-state index contributed by atoms with van der Waals surface area (Å²) in [6, 6.07) is 9.13. The molecule has 2 aliphatic rings. The molecule has 1 aromatic carbocycles. The van der Waals surface area contributed by atoms with Crippen LogP contribution in [-0.2, 0) is 4.79 Å². The third-order valence-corrected chi connectivity index (χ3v) is 7.53. The Morgan fingerprint density at radius 3 is 2.64 bits per heavy atom. The molecule has 8 nitrogen and oxygen atoms in total. The molecule has 5 rings (SSSR count). The summed E-state index contributed by atoms with van der Waals surface area (Å²) in [4.78, 5) is 33.0. The summed E-state index contributed by atoms with van der Waals surface area (Å²) in [6.07, 6.45) is 5.89. The lowest BCUT2D eigenvalue weighted by Gasteiger charge is -2.29. The molecule has 0 radical (unpaired) electrons. The lowest BCUT2D eigenvalue weighted by atomic mass is 10.1. The lowest BCUT2D eigenvalue weighted by Crippen LogP contribution is -2.45. The summed E-state index contributed by atoms with van der Waals surface area (Å²) in [5.41, 5.74) is 2.91. The number of thiophene rings is 1. The Morgan fingerprint density at radius 1 is 1.22 bits per heavy atom. The van der Waals surface area contributed by atoms with Crippen molar-refractivity contribution < 1.29 is 14.3 Å². The van der Waals surface area contributed by atoms with Crippen molar-refractivity contribution in [2.45, 2.75) is 51.3 Å². The van der Waals surface area contributed by atoms with Crippen LogP contribution in [0.15, 0.2) is 55.8 Å². The van der Waals surface area contributed by atoms with Gasteiger partial charge in [0.2, 0.25) is 5.91 Å². The van der Waals surface area contributed by atoms with Crippen LogP contribution in [0, 0.1) is 0 Å². The smallest absolute Gasteiger partial charge is 0.331 e. The van der Waals surface area contributed by atoms with Gasteiger partial charge < -0.3 is 20.7 Å². The van der Waals surface area contributed by atoms with Gasteiger partial charge in [0.1, 0.15) is 10.6 Å². The van der Waals surface area contributed by atoms with Gasteiger partial charge >= 0.3 is 6.03 Å². The number of carbonyl (C=O) groups excluding carboxylic acids is 2. The molecule has 2 aromatic heterocycles. The van der Waals surface area contributed by atoms with E-state index in [0.29, 0.717) is 11.4 Å². The number of anilines is 3. The fourth-order valence-electron chi connectivity index (χ4n) is 4.84. The van der Waals surface area contributed by atoms with E-state index in [0.717, 1.165) is 51.5 Å². The van der Waals surface area contributed by atoms with Crippen LogP contribution in [0.3, 0.4) is 0 Å². The van der Waals surface area contributed by atoms with Crippen LogP contribution >= 0.6 is 11.3 Å². The highest BCUT2D eigenvalue weighted by Crippen LogP contribution is 2.47. The number of ether oxygens (including phenoxy) is 1. The molecule has 9 heteroatoms. The second kappa shape index (κ2) is 9.66. The number of hydrogen-bond donors (Lipinski definition) is 3. The highest BCUT2D eigenvalue weighted by molar-refractivity contribution is 7.20. The first kappa shape index (κ1) is 23.9. The topological polar surface area (TPSA) is 95.6 Å². The zero-order chi connectivity index (χ0) is 25.4. The van der Waals surface area contributed by atoms with E-state index < -0.39 is 0 Å². The first-order valence-corrected chi connectivity index (χ1v) is 12.9. The molecule has 3 heterocycles. The van der Waals surface area contributed by atoms with Crippen LogP contribution in [0.1, 0.15) is 38.0 Å². The quantitative estimate of drug-likeness (QED) is 0.350. The fraction of sp³-hybridized carbons (Fsp3) is 0.296. The SMILES string of the molecule is C=CC(=O)N[C@H]1CCC[C@H]1NC(=C)c1sc2nccc3c2c1NC(=O)N3c1ccc(OC(C)C)cc1. The number of pyridine rings is 1. The molecule has 1 saturated carbocycles. The minimum absolute atomic E-state index is 0.000556. The summed E-state index contributed by atoms with van der Waals surface area (Å²) in [5.74, 6) is 0.572. The highest BCUT2D eigenvalue weighted by Gasteiger charge is 2.33. The van der Waals surface area contributed by atoms with Crippen molar-refractivity contribution in [2.24, 2.45) is 0 Å². The van der Waals surface area contributed by atoms with E-state index in [1.54, 1.807) is 11.1 Å². The predicted molar refractivity (Wildman–Crippen MR) is 145 cm³/mol. The van der Waals surface area contributed by atoms with Gasteiger partial charge in [0, 0.05) is 24.0 Å². The number of nitrogens with one attached hydrogen (secondary N) is 3. The molecule has 1 aliphatic carbocycles. The molecular weight excluding hydrogens is 474 g/mol. The van der Waals surface area contributed by atoms with E-state index in [4.69, 9.17) is 4.74 Å². The summed E-state index contributed by atoms with van der Waals surface area (Å²) in [5, 5.41) is 10.4.